The maximum Gasteiger partial charge on any atom is 0.0703 e. The molecule has 0 bridgehead atoms. The smallest absolute Gasteiger partial charge is 0.0703 e. The van der Waals surface area contributed by atoms with Gasteiger partial charge in [-0.1, -0.05) is 22.0 Å². The zero-order chi connectivity index (χ0) is 18.1. The molecule has 0 amide bonds. The van der Waals surface area contributed by atoms with Gasteiger partial charge in [-0.25, -0.2) is 0 Å². The van der Waals surface area contributed by atoms with Gasteiger partial charge < -0.3 is 4.57 Å². The standard InChI is InChI=1S/C22H18BrN3/c1-15-12-18(14-25-20-7-5-19(23)6-8-20)16(2)26(15)21-9-10-22-17(13-21)4-3-11-24-22/h3-14H,1-2H3. The lowest BCUT2D eigenvalue weighted by Crippen LogP contribution is -1.99. The van der Waals surface area contributed by atoms with Crippen molar-refractivity contribution in [1.82, 2.24) is 9.55 Å². The highest BCUT2D eigenvalue weighted by molar-refractivity contribution is 9.10. The van der Waals surface area contributed by atoms with E-state index >= 15 is 0 Å². The van der Waals surface area contributed by atoms with E-state index in [-0.39, 0.29) is 0 Å². The first-order valence-electron chi connectivity index (χ1n) is 8.45. The fraction of sp³-hybridized carbons (Fsp3) is 0.0909. The Bertz CT molecular complexity index is 1110. The predicted molar refractivity (Wildman–Crippen MR) is 112 cm³/mol. The van der Waals surface area contributed by atoms with Crippen molar-refractivity contribution in [3.8, 4) is 5.69 Å². The Morgan fingerprint density at radius 1 is 1.00 bits per heavy atom. The highest BCUT2D eigenvalue weighted by Crippen LogP contribution is 2.24. The molecule has 0 fully saturated rings. The molecule has 0 unspecified atom stereocenters. The van der Waals surface area contributed by atoms with E-state index in [2.05, 4.69) is 74.7 Å². The number of hydrogen-bond acceptors (Lipinski definition) is 2. The fourth-order valence-electron chi connectivity index (χ4n) is 3.19. The Hall–Kier alpha value is -2.72. The number of aromatic nitrogens is 2. The van der Waals surface area contributed by atoms with Crippen molar-refractivity contribution < 1.29 is 0 Å². The summed E-state index contributed by atoms with van der Waals surface area (Å²) in [6, 6.07) is 20.6. The first-order chi connectivity index (χ1) is 12.6. The van der Waals surface area contributed by atoms with E-state index in [9.17, 15) is 0 Å². The van der Waals surface area contributed by atoms with Crippen molar-refractivity contribution in [2.24, 2.45) is 4.99 Å². The van der Waals surface area contributed by atoms with Crippen LogP contribution in [0.4, 0.5) is 5.69 Å². The predicted octanol–water partition coefficient (Wildman–Crippen LogP) is 6.16. The van der Waals surface area contributed by atoms with Crippen LogP contribution in [0.5, 0.6) is 0 Å². The minimum Gasteiger partial charge on any atom is -0.318 e. The van der Waals surface area contributed by atoms with Crippen LogP contribution in [0.2, 0.25) is 0 Å². The second-order valence-electron chi connectivity index (χ2n) is 6.28. The third-order valence-electron chi connectivity index (χ3n) is 4.49. The number of rotatable bonds is 3. The molecule has 2 aromatic carbocycles. The van der Waals surface area contributed by atoms with E-state index < -0.39 is 0 Å². The average molecular weight is 404 g/mol. The molecule has 2 heterocycles. The van der Waals surface area contributed by atoms with E-state index in [1.54, 1.807) is 0 Å². The molecule has 0 aliphatic heterocycles. The van der Waals surface area contributed by atoms with Gasteiger partial charge in [0.1, 0.15) is 0 Å². The van der Waals surface area contributed by atoms with Crippen LogP contribution >= 0.6 is 15.9 Å². The van der Waals surface area contributed by atoms with Crippen LogP contribution in [0, 0.1) is 13.8 Å². The van der Waals surface area contributed by atoms with Crippen molar-refractivity contribution in [1.29, 1.82) is 0 Å². The minimum atomic E-state index is 0.940. The molecule has 0 spiro atoms. The summed E-state index contributed by atoms with van der Waals surface area (Å²) in [6.07, 6.45) is 3.76. The zero-order valence-electron chi connectivity index (χ0n) is 14.6. The van der Waals surface area contributed by atoms with Crippen LogP contribution in [-0.4, -0.2) is 15.8 Å². The molecule has 0 aliphatic carbocycles. The molecule has 4 rings (SSSR count). The molecule has 0 saturated heterocycles. The normalized spacial score (nSPS) is 11.5. The summed E-state index contributed by atoms with van der Waals surface area (Å²) in [5.74, 6) is 0. The Balaban J connectivity index is 1.72. The summed E-state index contributed by atoms with van der Waals surface area (Å²) in [5.41, 5.74) is 6.57. The van der Waals surface area contributed by atoms with Gasteiger partial charge in [0.15, 0.2) is 0 Å². The Morgan fingerprint density at radius 2 is 1.81 bits per heavy atom. The summed E-state index contributed by atoms with van der Waals surface area (Å²) < 4.78 is 3.32. The first-order valence-corrected chi connectivity index (χ1v) is 9.25. The second kappa shape index (κ2) is 6.89. The Morgan fingerprint density at radius 3 is 2.62 bits per heavy atom. The molecular formula is C22H18BrN3. The number of fused-ring (bicyclic) bond motifs is 1. The largest absolute Gasteiger partial charge is 0.318 e. The lowest BCUT2D eigenvalue weighted by molar-refractivity contribution is 0.967. The average Bonchev–Trinajstić information content (AvgIpc) is 2.94. The number of aryl methyl sites for hydroxylation is 1. The number of nitrogens with zero attached hydrogens (tertiary/aromatic N) is 3. The lowest BCUT2D eigenvalue weighted by atomic mass is 10.2. The fourth-order valence-corrected chi connectivity index (χ4v) is 3.45. The van der Waals surface area contributed by atoms with Crippen molar-refractivity contribution >= 4 is 38.7 Å². The van der Waals surface area contributed by atoms with Crippen LogP contribution in [0.3, 0.4) is 0 Å². The van der Waals surface area contributed by atoms with Crippen molar-refractivity contribution in [2.45, 2.75) is 13.8 Å². The van der Waals surface area contributed by atoms with E-state index in [1.165, 1.54) is 11.4 Å². The number of pyridine rings is 1. The molecule has 26 heavy (non-hydrogen) atoms. The third kappa shape index (κ3) is 3.20. The van der Waals surface area contributed by atoms with Crippen LogP contribution in [0.1, 0.15) is 17.0 Å². The van der Waals surface area contributed by atoms with Gasteiger partial charge in [0.05, 0.1) is 11.2 Å². The first kappa shape index (κ1) is 16.7. The monoisotopic (exact) mass is 403 g/mol. The van der Waals surface area contributed by atoms with Gasteiger partial charge in [0.25, 0.3) is 0 Å². The summed E-state index contributed by atoms with van der Waals surface area (Å²) in [7, 11) is 0. The number of benzene rings is 2. The molecule has 0 N–H and O–H groups in total. The van der Waals surface area contributed by atoms with Gasteiger partial charge in [-0.3, -0.25) is 9.98 Å². The quantitative estimate of drug-likeness (QED) is 0.377. The molecule has 4 heteroatoms. The van der Waals surface area contributed by atoms with E-state index in [4.69, 9.17) is 0 Å². The molecular weight excluding hydrogens is 386 g/mol. The molecule has 3 nitrogen and oxygen atoms in total. The van der Waals surface area contributed by atoms with E-state index in [0.29, 0.717) is 0 Å². The molecule has 0 radical (unpaired) electrons. The molecule has 0 aliphatic rings. The van der Waals surface area contributed by atoms with Crippen LogP contribution in [-0.2, 0) is 0 Å². The third-order valence-corrected chi connectivity index (χ3v) is 5.02. The van der Waals surface area contributed by atoms with Gasteiger partial charge >= 0.3 is 0 Å². The van der Waals surface area contributed by atoms with Crippen molar-refractivity contribution in [3.63, 3.8) is 0 Å². The summed E-state index contributed by atoms with van der Waals surface area (Å²) in [5, 5.41) is 1.14. The maximum atomic E-state index is 4.61. The van der Waals surface area contributed by atoms with Gasteiger partial charge in [0, 0.05) is 44.9 Å². The van der Waals surface area contributed by atoms with Gasteiger partial charge in [-0.2, -0.15) is 0 Å². The van der Waals surface area contributed by atoms with Gasteiger partial charge in [-0.05, 0) is 68.4 Å². The molecule has 0 atom stereocenters. The van der Waals surface area contributed by atoms with Crippen LogP contribution in [0.15, 0.2) is 76.3 Å². The number of aliphatic imine (C=N–C) groups is 1. The van der Waals surface area contributed by atoms with Crippen molar-refractivity contribution in [2.75, 3.05) is 0 Å². The topological polar surface area (TPSA) is 30.2 Å². The van der Waals surface area contributed by atoms with Crippen LogP contribution < -0.4 is 0 Å². The van der Waals surface area contributed by atoms with Crippen molar-refractivity contribution in [3.05, 3.63) is 88.3 Å². The number of halogens is 1. The SMILES string of the molecule is Cc1cc(C=Nc2ccc(Br)cc2)c(C)n1-c1ccc2ncccc2c1. The summed E-state index contributed by atoms with van der Waals surface area (Å²) in [6.45, 7) is 4.25. The van der Waals surface area contributed by atoms with Crippen LogP contribution in [0.25, 0.3) is 16.6 Å². The highest BCUT2D eigenvalue weighted by atomic mass is 79.9. The Labute approximate surface area is 161 Å². The van der Waals surface area contributed by atoms with Gasteiger partial charge in [0.2, 0.25) is 0 Å². The van der Waals surface area contributed by atoms with Gasteiger partial charge in [-0.15, -0.1) is 0 Å². The van der Waals surface area contributed by atoms with E-state index in [0.717, 1.165) is 32.3 Å². The summed E-state index contributed by atoms with van der Waals surface area (Å²) >= 11 is 3.45. The van der Waals surface area contributed by atoms with E-state index in [1.807, 2.05) is 42.7 Å². The molecule has 2 aromatic heterocycles. The summed E-state index contributed by atoms with van der Waals surface area (Å²) in [4.78, 5) is 9.01. The highest BCUT2D eigenvalue weighted by Gasteiger charge is 2.10. The minimum absolute atomic E-state index is 0.940. The molecule has 0 saturated carbocycles. The zero-order valence-corrected chi connectivity index (χ0v) is 16.2. The maximum absolute atomic E-state index is 4.61. The second-order valence-corrected chi connectivity index (χ2v) is 7.19. The molecule has 4 aromatic rings. The lowest BCUT2D eigenvalue weighted by Gasteiger charge is -2.10. The molecule has 128 valence electrons. The number of hydrogen-bond donors (Lipinski definition) is 0. The Kier molecular flexibility index (Phi) is 4.43.